The first-order chi connectivity index (χ1) is 45.2. The van der Waals surface area contributed by atoms with Gasteiger partial charge in [-0.05, 0) is 146 Å². The molecule has 1 unspecified atom stereocenters. The molecule has 0 saturated carbocycles. The lowest BCUT2D eigenvalue weighted by atomic mass is 9.86. The molecule has 0 bridgehead atoms. The maximum absolute atomic E-state index is 12.5. The molecular weight excluding hydrogens is 1240 g/mol. The average Bonchev–Trinajstić information content (AvgIpc) is 0.807. The zero-order valence-corrected chi connectivity index (χ0v) is 66.7. The molecular formula is C77H150N4O16. The molecule has 20 heteroatoms. The summed E-state index contributed by atoms with van der Waals surface area (Å²) in [4.78, 5) is 97.1. The van der Waals surface area contributed by atoms with Gasteiger partial charge in [0.25, 0.3) is 0 Å². The van der Waals surface area contributed by atoms with Crippen molar-refractivity contribution in [3.05, 3.63) is 0 Å². The number of carbonyl (C=O) groups excluding carboxylic acids is 8. The van der Waals surface area contributed by atoms with Crippen LogP contribution in [0.1, 0.15) is 333 Å². The van der Waals surface area contributed by atoms with Crippen molar-refractivity contribution in [2.75, 3.05) is 72.4 Å². The molecule has 0 heterocycles. The van der Waals surface area contributed by atoms with E-state index in [1.165, 1.54) is 89.9 Å². The normalized spacial score (nSPS) is 12.1. The third-order valence-electron chi connectivity index (χ3n) is 18.0. The first kappa shape index (κ1) is 98.3. The van der Waals surface area contributed by atoms with Gasteiger partial charge in [0.15, 0.2) is 0 Å². The molecule has 0 aromatic carbocycles. The molecule has 20 nitrogen and oxygen atoms in total. The molecule has 0 aliphatic heterocycles. The molecule has 4 amide bonds. The van der Waals surface area contributed by atoms with Gasteiger partial charge in [0.05, 0.1) is 21.7 Å². The highest BCUT2D eigenvalue weighted by molar-refractivity contribution is 5.77. The molecule has 0 rings (SSSR count). The number of amides is 4. The maximum Gasteiger partial charge on any atom is 0.409 e. The minimum absolute atomic E-state index is 0.0106. The van der Waals surface area contributed by atoms with Crippen LogP contribution in [-0.2, 0) is 57.1 Å². The fraction of sp³-hybridized carbons (Fsp3) is 0.896. The minimum Gasteiger partial charge on any atom is -0.462 e. The fourth-order valence-electron chi connectivity index (χ4n) is 8.11. The number of esters is 4. The van der Waals surface area contributed by atoms with Crippen LogP contribution in [0, 0.1) is 33.0 Å². The van der Waals surface area contributed by atoms with Gasteiger partial charge in [0, 0.05) is 32.7 Å². The quantitative estimate of drug-likeness (QED) is 0.0291. The highest BCUT2D eigenvalue weighted by Crippen LogP contribution is 2.33. The predicted molar refractivity (Wildman–Crippen MR) is 392 cm³/mol. The monoisotopic (exact) mass is 1390 g/mol. The third-order valence-corrected chi connectivity index (χ3v) is 18.0. The summed E-state index contributed by atoms with van der Waals surface area (Å²) in [5.74, 6) is -0.555. The zero-order chi connectivity index (χ0) is 75.2. The van der Waals surface area contributed by atoms with E-state index in [1.807, 2.05) is 109 Å². The molecule has 0 aliphatic rings. The zero-order valence-electron chi connectivity index (χ0n) is 66.7. The van der Waals surface area contributed by atoms with Crippen LogP contribution in [-0.4, -0.2) is 137 Å². The Labute approximate surface area is 592 Å². The van der Waals surface area contributed by atoms with E-state index in [9.17, 15) is 38.4 Å². The number of nitrogens with zero attached hydrogens (tertiary/aromatic N) is 1. The lowest BCUT2D eigenvalue weighted by Gasteiger charge is -2.41. The van der Waals surface area contributed by atoms with Gasteiger partial charge in [0.1, 0.15) is 50.8 Å². The van der Waals surface area contributed by atoms with Crippen molar-refractivity contribution in [3.8, 4) is 0 Å². The Bertz CT molecular complexity index is 2070. The van der Waals surface area contributed by atoms with Crippen molar-refractivity contribution in [2.24, 2.45) is 33.0 Å². The van der Waals surface area contributed by atoms with Crippen molar-refractivity contribution in [3.63, 3.8) is 0 Å². The van der Waals surface area contributed by atoms with Crippen LogP contribution in [0.3, 0.4) is 0 Å². The summed E-state index contributed by atoms with van der Waals surface area (Å²) in [7, 11) is 0. The van der Waals surface area contributed by atoms with E-state index >= 15 is 0 Å². The second-order valence-corrected chi connectivity index (χ2v) is 30.5. The maximum atomic E-state index is 12.5. The molecule has 1 atom stereocenters. The fourth-order valence-corrected chi connectivity index (χ4v) is 8.11. The van der Waals surface area contributed by atoms with Gasteiger partial charge in [-0.15, -0.1) is 0 Å². The Balaban J connectivity index is -0.000000603. The Hall–Kier alpha value is -5.04. The van der Waals surface area contributed by atoms with Gasteiger partial charge < -0.3 is 58.7 Å². The molecule has 0 fully saturated rings. The van der Waals surface area contributed by atoms with E-state index in [0.717, 1.165) is 70.9 Å². The summed E-state index contributed by atoms with van der Waals surface area (Å²) in [6.45, 7) is 50.5. The van der Waals surface area contributed by atoms with E-state index in [1.54, 1.807) is 27.7 Å². The van der Waals surface area contributed by atoms with Crippen molar-refractivity contribution in [1.29, 1.82) is 0 Å². The molecule has 97 heavy (non-hydrogen) atoms. The lowest BCUT2D eigenvalue weighted by molar-refractivity contribution is -0.190. The Kier molecular flexibility index (Phi) is 56.5. The Morgan fingerprint density at radius 2 is 0.670 bits per heavy atom. The standard InChI is InChI=1S/C25H49NO4.C21H41NO4.C17H33NO4.C14H27NO4/c1-6-9-11-13-15-17-19-26(20-18-16-14-12-10-7-2)24(28)30-22-21-29-23(27)25(4,5)8-3;1-9-11-12-13-14-15-16-22-18(24)26-21(7,8)20(5,6)25-17(23)19(3,4)10-2;1-6-9-10-14(7-2)13-18-16(20)22-12-11-21-15(19)17(4,5)8-3;1-7-14(5,6)11(16)18-8-9-19-12(17)15-10-13(2,3)4/h6-22H2,1-5H3;9-16H2,1-8H3,(H,22,24);14H,6-13H2,1-5H3,(H,18,20);7-10H2,1-6H3,(H,15,17). The molecule has 0 radical (unpaired) electrons. The van der Waals surface area contributed by atoms with E-state index < -0.39 is 51.1 Å². The third kappa shape index (κ3) is 52.6. The largest absolute Gasteiger partial charge is 0.462 e. The van der Waals surface area contributed by atoms with Crippen LogP contribution >= 0.6 is 0 Å². The van der Waals surface area contributed by atoms with E-state index in [-0.39, 0.29) is 75.0 Å². The van der Waals surface area contributed by atoms with Crippen LogP contribution in [0.5, 0.6) is 0 Å². The number of ether oxygens (including phenoxy) is 8. The van der Waals surface area contributed by atoms with E-state index in [4.69, 9.17) is 37.9 Å². The first-order valence-electron chi connectivity index (χ1n) is 37.7. The van der Waals surface area contributed by atoms with Gasteiger partial charge in [-0.3, -0.25) is 19.2 Å². The lowest BCUT2D eigenvalue weighted by Crippen LogP contribution is -2.54. The van der Waals surface area contributed by atoms with Crippen LogP contribution in [0.2, 0.25) is 0 Å². The van der Waals surface area contributed by atoms with Gasteiger partial charge in [-0.25, -0.2) is 19.2 Å². The predicted octanol–water partition coefficient (Wildman–Crippen LogP) is 19.4. The summed E-state index contributed by atoms with van der Waals surface area (Å²) in [5, 5.41) is 8.22. The highest BCUT2D eigenvalue weighted by atomic mass is 16.6. The second kappa shape index (κ2) is 55.7. The Morgan fingerprint density at radius 1 is 0.340 bits per heavy atom. The summed E-state index contributed by atoms with van der Waals surface area (Å²) in [6.07, 6.45) is 27.1. The smallest absolute Gasteiger partial charge is 0.409 e. The van der Waals surface area contributed by atoms with Crippen molar-refractivity contribution in [1.82, 2.24) is 20.9 Å². The highest BCUT2D eigenvalue weighted by Gasteiger charge is 2.46. The molecule has 574 valence electrons. The first-order valence-corrected chi connectivity index (χ1v) is 37.7. The van der Waals surface area contributed by atoms with Gasteiger partial charge in [0.2, 0.25) is 0 Å². The molecule has 3 N–H and O–H groups in total. The summed E-state index contributed by atoms with van der Waals surface area (Å²) in [5.41, 5.74) is -3.91. The second-order valence-electron chi connectivity index (χ2n) is 30.5. The molecule has 0 saturated heterocycles. The summed E-state index contributed by atoms with van der Waals surface area (Å²) >= 11 is 0. The number of unbranched alkanes of at least 4 members (excludes halogenated alkanes) is 16. The van der Waals surface area contributed by atoms with Gasteiger partial charge in [-0.2, -0.15) is 0 Å². The number of nitrogens with one attached hydrogen (secondary N) is 3. The van der Waals surface area contributed by atoms with Crippen LogP contribution in [0.15, 0.2) is 0 Å². The van der Waals surface area contributed by atoms with Crippen molar-refractivity contribution < 1.29 is 76.3 Å². The number of hydrogen-bond donors (Lipinski definition) is 3. The Morgan fingerprint density at radius 3 is 1.04 bits per heavy atom. The summed E-state index contributed by atoms with van der Waals surface area (Å²) in [6, 6.07) is 0. The number of carbonyl (C=O) groups is 8. The molecule has 0 aromatic rings. The van der Waals surface area contributed by atoms with Crippen LogP contribution < -0.4 is 16.0 Å². The summed E-state index contributed by atoms with van der Waals surface area (Å²) < 4.78 is 42.0. The van der Waals surface area contributed by atoms with E-state index in [2.05, 4.69) is 50.6 Å². The van der Waals surface area contributed by atoms with Gasteiger partial charge >= 0.3 is 48.3 Å². The van der Waals surface area contributed by atoms with Crippen LogP contribution in [0.25, 0.3) is 0 Å². The topological polar surface area (TPSA) is 250 Å². The minimum atomic E-state index is -0.947. The van der Waals surface area contributed by atoms with Crippen LogP contribution in [0.4, 0.5) is 19.2 Å². The number of alkyl carbamates (subject to hydrolysis) is 3. The van der Waals surface area contributed by atoms with Crippen molar-refractivity contribution >= 4 is 48.3 Å². The molecule has 0 spiro atoms. The average molecular weight is 1390 g/mol. The van der Waals surface area contributed by atoms with Gasteiger partial charge in [-0.1, -0.05) is 199 Å². The number of rotatable bonds is 48. The van der Waals surface area contributed by atoms with Crippen molar-refractivity contribution in [2.45, 2.75) is 344 Å². The molecule has 0 aromatic heterocycles. The van der Waals surface area contributed by atoms with E-state index in [0.29, 0.717) is 44.8 Å². The number of hydrogen-bond acceptors (Lipinski definition) is 16. The molecule has 0 aliphatic carbocycles. The SMILES string of the molecule is CCC(C)(C)C(=O)OCCOC(=O)NCC(C)(C)C.CCCCC(CC)CNC(=O)OCCOC(=O)C(C)(C)CC.CCCCCCCCN(CCCCCCCC)C(=O)OCCOC(=O)C(C)(C)CC.CCCCCCCCNC(=O)OC(C)(C)C(C)(C)OC(=O)C(C)(C)CC.